The maximum Gasteiger partial charge on any atom is 0.252 e. The van der Waals surface area contributed by atoms with Crippen LogP contribution in [0.2, 0.25) is 0 Å². The number of primary amides is 1. The number of benzene rings is 1. The number of rotatable bonds is 5. The van der Waals surface area contributed by atoms with Crippen LogP contribution in [0.3, 0.4) is 0 Å². The zero-order chi connectivity index (χ0) is 15.5. The second-order valence-electron chi connectivity index (χ2n) is 5.06. The summed E-state index contributed by atoms with van der Waals surface area (Å²) in [6.07, 6.45) is 0. The van der Waals surface area contributed by atoms with Crippen LogP contribution in [0, 0.1) is 11.1 Å². The van der Waals surface area contributed by atoms with Gasteiger partial charge in [-0.1, -0.05) is 13.8 Å². The fourth-order valence-corrected chi connectivity index (χ4v) is 1.56. The number of carbonyl (C=O) groups is 2. The highest BCUT2D eigenvalue weighted by molar-refractivity contribution is 5.99. The lowest BCUT2D eigenvalue weighted by atomic mass is 9.87. The summed E-state index contributed by atoms with van der Waals surface area (Å²) >= 11 is 0. The third-order valence-corrected chi connectivity index (χ3v) is 3.43. The molecule has 0 aliphatic carbocycles. The highest BCUT2D eigenvalue weighted by Crippen LogP contribution is 2.17. The van der Waals surface area contributed by atoms with Crippen LogP contribution in [0.4, 0.5) is 5.69 Å². The molecule has 0 saturated heterocycles. The molecule has 20 heavy (non-hydrogen) atoms. The first kappa shape index (κ1) is 16.1. The lowest BCUT2D eigenvalue weighted by Gasteiger charge is -2.31. The van der Waals surface area contributed by atoms with E-state index in [2.05, 4.69) is 5.32 Å². The van der Waals surface area contributed by atoms with Crippen molar-refractivity contribution < 1.29 is 20.0 Å². The predicted molar refractivity (Wildman–Crippen MR) is 72.1 cm³/mol. The number of carbonyl (C=O) groups excluding carboxylic acids is 2. The van der Waals surface area contributed by atoms with Crippen LogP contribution in [0.5, 0.6) is 0 Å². The first-order valence-electron chi connectivity index (χ1n) is 6.14. The van der Waals surface area contributed by atoms with Gasteiger partial charge in [-0.3, -0.25) is 9.59 Å². The fraction of sp³-hybridized carbons (Fsp3) is 0.385. The van der Waals surface area contributed by atoms with Crippen LogP contribution in [0.15, 0.2) is 24.3 Å². The molecule has 0 heterocycles. The molecular weight excluding hydrogens is 262 g/mol. The van der Waals surface area contributed by atoms with E-state index in [0.29, 0.717) is 0 Å². The van der Waals surface area contributed by atoms with E-state index in [1.54, 1.807) is 20.8 Å². The molecule has 1 aromatic carbocycles. The molecule has 0 spiro atoms. The molecular formula is C13H19N3O4. The van der Waals surface area contributed by atoms with Gasteiger partial charge in [-0.15, -0.1) is 0 Å². The van der Waals surface area contributed by atoms with Crippen molar-refractivity contribution in [3.05, 3.63) is 35.0 Å². The summed E-state index contributed by atoms with van der Waals surface area (Å²) in [5.41, 5.74) is 4.52. The Hall–Kier alpha value is -1.96. The number of hydrogen-bond donors (Lipinski definition) is 4. The third kappa shape index (κ3) is 3.32. The van der Waals surface area contributed by atoms with Crippen molar-refractivity contribution in [1.82, 2.24) is 5.32 Å². The summed E-state index contributed by atoms with van der Waals surface area (Å²) < 4.78 is 0. The monoisotopic (exact) mass is 281 g/mol. The van der Waals surface area contributed by atoms with Gasteiger partial charge in [0.1, 0.15) is 5.54 Å². The summed E-state index contributed by atoms with van der Waals surface area (Å²) in [5.74, 6) is -1.28. The van der Waals surface area contributed by atoms with Gasteiger partial charge in [-0.25, -0.2) is 5.21 Å². The van der Waals surface area contributed by atoms with Crippen molar-refractivity contribution in [3.63, 3.8) is 0 Å². The number of hydrogen-bond acceptors (Lipinski definition) is 4. The highest BCUT2D eigenvalue weighted by Gasteiger charge is 2.36. The summed E-state index contributed by atoms with van der Waals surface area (Å²) in [7, 11) is 0. The molecule has 0 radical (unpaired) electrons. The standard InChI is InChI=1S/C13H19N3O4/c1-8(2)13(3,12(14)18)15-11(17)9-4-6-10(7-5-9)16(19)20/h4-8,16,19H,1-3H3,(H2,14,18)(H,15,17)/t13-/m1/s1. The second kappa shape index (κ2) is 6.00. The topological polar surface area (TPSA) is 120 Å². The van der Waals surface area contributed by atoms with Gasteiger partial charge in [0.15, 0.2) is 5.69 Å². The molecule has 0 fully saturated rings. The lowest BCUT2D eigenvalue weighted by Crippen LogP contribution is -2.99. The van der Waals surface area contributed by atoms with Crippen LogP contribution < -0.4 is 16.3 Å². The lowest BCUT2D eigenvalue weighted by molar-refractivity contribution is -0.991. The highest BCUT2D eigenvalue weighted by atomic mass is 16.8. The summed E-state index contributed by atoms with van der Waals surface area (Å²) in [5, 5.41) is 21.0. The molecule has 0 saturated carbocycles. The Morgan fingerprint density at radius 3 is 2.20 bits per heavy atom. The number of nitrogens with two attached hydrogens (primary N) is 1. The first-order chi connectivity index (χ1) is 9.18. The molecule has 5 N–H and O–H groups in total. The maximum absolute atomic E-state index is 12.1. The van der Waals surface area contributed by atoms with E-state index in [4.69, 9.17) is 10.9 Å². The van der Waals surface area contributed by atoms with E-state index in [9.17, 15) is 14.8 Å². The summed E-state index contributed by atoms with van der Waals surface area (Å²) in [6.45, 7) is 5.11. The fourth-order valence-electron chi connectivity index (χ4n) is 1.56. The summed E-state index contributed by atoms with van der Waals surface area (Å²) in [4.78, 5) is 23.6. The van der Waals surface area contributed by atoms with Crippen LogP contribution in [-0.2, 0) is 4.79 Å². The molecule has 2 amide bonds. The Bertz CT molecular complexity index is 499. The van der Waals surface area contributed by atoms with E-state index < -0.39 is 22.6 Å². The molecule has 1 aromatic rings. The van der Waals surface area contributed by atoms with E-state index in [0.717, 1.165) is 0 Å². The Morgan fingerprint density at radius 2 is 1.85 bits per heavy atom. The zero-order valence-corrected chi connectivity index (χ0v) is 11.6. The van der Waals surface area contributed by atoms with Gasteiger partial charge in [0, 0.05) is 17.7 Å². The molecule has 0 aliphatic heterocycles. The minimum atomic E-state index is -1.16. The molecule has 7 nitrogen and oxygen atoms in total. The van der Waals surface area contributed by atoms with Crippen LogP contribution >= 0.6 is 0 Å². The first-order valence-corrected chi connectivity index (χ1v) is 6.14. The van der Waals surface area contributed by atoms with Crippen molar-refractivity contribution in [3.8, 4) is 0 Å². The Balaban J connectivity index is 2.93. The Morgan fingerprint density at radius 1 is 1.35 bits per heavy atom. The minimum Gasteiger partial charge on any atom is -0.595 e. The van der Waals surface area contributed by atoms with Crippen LogP contribution in [0.25, 0.3) is 0 Å². The molecule has 0 aliphatic rings. The Kier molecular flexibility index (Phi) is 4.83. The molecule has 1 rings (SSSR count). The third-order valence-electron chi connectivity index (χ3n) is 3.43. The van der Waals surface area contributed by atoms with Crippen LogP contribution in [-0.4, -0.2) is 22.6 Å². The Labute approximate surface area is 116 Å². The van der Waals surface area contributed by atoms with Crippen molar-refractivity contribution in [2.24, 2.45) is 11.7 Å². The zero-order valence-electron chi connectivity index (χ0n) is 11.6. The normalized spacial score (nSPS) is 15.5. The van der Waals surface area contributed by atoms with Gasteiger partial charge in [0.05, 0.1) is 0 Å². The quantitative estimate of drug-likeness (QED) is 0.555. The minimum absolute atomic E-state index is 0.0862. The molecule has 2 atom stereocenters. The van der Waals surface area contributed by atoms with Gasteiger partial charge in [-0.05, 0) is 25.0 Å². The van der Waals surface area contributed by atoms with Crippen molar-refractivity contribution in [2.75, 3.05) is 0 Å². The van der Waals surface area contributed by atoms with E-state index >= 15 is 0 Å². The predicted octanol–water partition coefficient (Wildman–Crippen LogP) is -0.280. The molecule has 0 aromatic heterocycles. The number of nitrogens with one attached hydrogen (secondary N) is 2. The number of quaternary nitrogens is 1. The van der Waals surface area contributed by atoms with E-state index in [-0.39, 0.29) is 17.2 Å². The van der Waals surface area contributed by atoms with Gasteiger partial charge in [-0.2, -0.15) is 5.23 Å². The second-order valence-corrected chi connectivity index (χ2v) is 5.06. The molecule has 1 unspecified atom stereocenters. The SMILES string of the molecule is CC(C)[C@@](C)(NC(=O)c1ccc([NH+]([O-])O)cc1)C(N)=O. The van der Waals surface area contributed by atoms with E-state index in [1.165, 1.54) is 24.3 Å². The average molecular weight is 281 g/mol. The van der Waals surface area contributed by atoms with Gasteiger partial charge in [0.2, 0.25) is 5.91 Å². The van der Waals surface area contributed by atoms with Gasteiger partial charge < -0.3 is 16.3 Å². The molecule has 110 valence electrons. The largest absolute Gasteiger partial charge is 0.595 e. The average Bonchev–Trinajstić information content (AvgIpc) is 2.38. The van der Waals surface area contributed by atoms with Crippen molar-refractivity contribution in [1.29, 1.82) is 0 Å². The van der Waals surface area contributed by atoms with Gasteiger partial charge in [0.25, 0.3) is 5.91 Å². The van der Waals surface area contributed by atoms with Gasteiger partial charge >= 0.3 is 0 Å². The van der Waals surface area contributed by atoms with Crippen molar-refractivity contribution >= 4 is 17.5 Å². The van der Waals surface area contributed by atoms with E-state index in [1.807, 2.05) is 0 Å². The van der Waals surface area contributed by atoms with Crippen LogP contribution in [0.1, 0.15) is 31.1 Å². The summed E-state index contributed by atoms with van der Waals surface area (Å²) in [6, 6.07) is 5.43. The molecule has 0 bridgehead atoms. The number of amides is 2. The smallest absolute Gasteiger partial charge is 0.252 e. The molecule has 7 heteroatoms. The maximum atomic E-state index is 12.1. The van der Waals surface area contributed by atoms with Crippen molar-refractivity contribution in [2.45, 2.75) is 26.3 Å².